The fourth-order valence-corrected chi connectivity index (χ4v) is 1.02. The Labute approximate surface area is 98.1 Å². The number of aliphatic carboxylic acids is 1. The van der Waals surface area contributed by atoms with E-state index < -0.39 is 22.5 Å². The van der Waals surface area contributed by atoms with E-state index in [1.807, 2.05) is 20.8 Å². The Morgan fingerprint density at radius 2 is 1.62 bits per heavy atom. The number of carboxylic acid groups (broad SMARTS) is 1. The molecule has 1 atom stereocenters. The standard InChI is InChI=1S/C12H25NO3/c1-7-12(6,16)8-13-11(4,5)10(2,3)9(14)15/h13,16H,7-8H2,1-6H3,(H,14,15). The zero-order valence-electron chi connectivity index (χ0n) is 11.2. The van der Waals surface area contributed by atoms with Gasteiger partial charge in [0.1, 0.15) is 0 Å². The monoisotopic (exact) mass is 231 g/mol. The molecule has 0 saturated heterocycles. The molecule has 0 saturated carbocycles. The van der Waals surface area contributed by atoms with Crippen LogP contribution in [0.25, 0.3) is 0 Å². The summed E-state index contributed by atoms with van der Waals surface area (Å²) in [5.41, 5.74) is -2.28. The first-order chi connectivity index (χ1) is 6.96. The van der Waals surface area contributed by atoms with Crippen molar-refractivity contribution >= 4 is 5.97 Å². The largest absolute Gasteiger partial charge is 0.481 e. The predicted octanol–water partition coefficient (Wildman–Crippen LogP) is 1.63. The maximum atomic E-state index is 11.2. The highest BCUT2D eigenvalue weighted by Crippen LogP contribution is 2.31. The lowest BCUT2D eigenvalue weighted by Crippen LogP contribution is -2.58. The first-order valence-corrected chi connectivity index (χ1v) is 5.67. The first-order valence-electron chi connectivity index (χ1n) is 5.67. The van der Waals surface area contributed by atoms with Gasteiger partial charge in [0, 0.05) is 12.1 Å². The van der Waals surface area contributed by atoms with Gasteiger partial charge in [0.05, 0.1) is 11.0 Å². The second-order valence-corrected chi connectivity index (χ2v) is 5.76. The van der Waals surface area contributed by atoms with Gasteiger partial charge in [-0.3, -0.25) is 4.79 Å². The molecule has 0 aromatic carbocycles. The van der Waals surface area contributed by atoms with Gasteiger partial charge in [0.25, 0.3) is 0 Å². The average Bonchev–Trinajstić information content (AvgIpc) is 2.15. The summed E-state index contributed by atoms with van der Waals surface area (Å²) in [6.45, 7) is 11.1. The van der Waals surface area contributed by atoms with Crippen LogP contribution < -0.4 is 5.32 Å². The molecule has 0 radical (unpaired) electrons. The smallest absolute Gasteiger partial charge is 0.310 e. The molecule has 0 amide bonds. The number of aliphatic hydroxyl groups is 1. The van der Waals surface area contributed by atoms with Crippen molar-refractivity contribution in [1.29, 1.82) is 0 Å². The van der Waals surface area contributed by atoms with Crippen LogP contribution in [-0.2, 0) is 4.79 Å². The normalized spacial score (nSPS) is 16.9. The van der Waals surface area contributed by atoms with Crippen molar-refractivity contribution in [3.63, 3.8) is 0 Å². The van der Waals surface area contributed by atoms with E-state index in [0.717, 1.165) is 0 Å². The van der Waals surface area contributed by atoms with Gasteiger partial charge in [-0.1, -0.05) is 6.92 Å². The second-order valence-electron chi connectivity index (χ2n) is 5.76. The highest BCUT2D eigenvalue weighted by atomic mass is 16.4. The predicted molar refractivity (Wildman–Crippen MR) is 64.4 cm³/mol. The molecule has 16 heavy (non-hydrogen) atoms. The van der Waals surface area contributed by atoms with Crippen molar-refractivity contribution in [3.8, 4) is 0 Å². The Balaban J connectivity index is 4.65. The molecule has 0 rings (SSSR count). The Hall–Kier alpha value is -0.610. The quantitative estimate of drug-likeness (QED) is 0.650. The summed E-state index contributed by atoms with van der Waals surface area (Å²) in [6, 6.07) is 0. The van der Waals surface area contributed by atoms with E-state index in [0.29, 0.717) is 13.0 Å². The molecule has 0 aliphatic rings. The highest BCUT2D eigenvalue weighted by Gasteiger charge is 2.43. The maximum Gasteiger partial charge on any atom is 0.310 e. The SMILES string of the molecule is CCC(C)(O)CNC(C)(C)C(C)(C)C(=O)O. The summed E-state index contributed by atoms with van der Waals surface area (Å²) in [4.78, 5) is 11.2. The van der Waals surface area contributed by atoms with Crippen LogP contribution in [0.15, 0.2) is 0 Å². The molecule has 0 aromatic rings. The lowest BCUT2D eigenvalue weighted by molar-refractivity contribution is -0.151. The third kappa shape index (κ3) is 3.46. The second kappa shape index (κ2) is 4.72. The molecule has 0 heterocycles. The molecule has 4 nitrogen and oxygen atoms in total. The molecule has 0 bridgehead atoms. The van der Waals surface area contributed by atoms with Crippen molar-refractivity contribution in [3.05, 3.63) is 0 Å². The van der Waals surface area contributed by atoms with Gasteiger partial charge in [-0.25, -0.2) is 0 Å². The third-order valence-electron chi connectivity index (χ3n) is 3.77. The molecule has 0 fully saturated rings. The van der Waals surface area contributed by atoms with Crippen LogP contribution in [0.2, 0.25) is 0 Å². The molecular weight excluding hydrogens is 206 g/mol. The van der Waals surface area contributed by atoms with Crippen LogP contribution in [0.5, 0.6) is 0 Å². The minimum atomic E-state index is -0.892. The van der Waals surface area contributed by atoms with Gasteiger partial charge < -0.3 is 15.5 Å². The summed E-state index contributed by atoms with van der Waals surface area (Å²) in [5, 5.41) is 22.2. The fourth-order valence-electron chi connectivity index (χ4n) is 1.02. The van der Waals surface area contributed by atoms with Crippen molar-refractivity contribution in [2.75, 3.05) is 6.54 Å². The average molecular weight is 231 g/mol. The minimum absolute atomic E-state index is 0.382. The van der Waals surface area contributed by atoms with Gasteiger partial charge in [0.2, 0.25) is 0 Å². The van der Waals surface area contributed by atoms with Crippen molar-refractivity contribution in [1.82, 2.24) is 5.32 Å². The Morgan fingerprint density at radius 1 is 1.19 bits per heavy atom. The number of nitrogens with one attached hydrogen (secondary N) is 1. The lowest BCUT2D eigenvalue weighted by atomic mass is 9.74. The van der Waals surface area contributed by atoms with E-state index in [9.17, 15) is 9.90 Å². The van der Waals surface area contributed by atoms with Crippen LogP contribution in [0.1, 0.15) is 48.0 Å². The molecule has 0 aromatic heterocycles. The molecule has 0 aliphatic carbocycles. The maximum absolute atomic E-state index is 11.2. The van der Waals surface area contributed by atoms with Crippen LogP contribution in [0.4, 0.5) is 0 Å². The Kier molecular flexibility index (Phi) is 4.54. The lowest BCUT2D eigenvalue weighted by Gasteiger charge is -2.41. The van der Waals surface area contributed by atoms with Crippen molar-refractivity contribution in [2.24, 2.45) is 5.41 Å². The van der Waals surface area contributed by atoms with E-state index in [1.54, 1.807) is 20.8 Å². The molecule has 3 N–H and O–H groups in total. The number of hydrogen-bond acceptors (Lipinski definition) is 3. The molecule has 0 spiro atoms. The highest BCUT2D eigenvalue weighted by molar-refractivity contribution is 5.75. The van der Waals surface area contributed by atoms with E-state index in [4.69, 9.17) is 5.11 Å². The minimum Gasteiger partial charge on any atom is -0.481 e. The summed E-state index contributed by atoms with van der Waals surface area (Å²) >= 11 is 0. The number of hydrogen-bond donors (Lipinski definition) is 3. The molecular formula is C12H25NO3. The van der Waals surface area contributed by atoms with E-state index >= 15 is 0 Å². The number of carbonyl (C=O) groups is 1. The topological polar surface area (TPSA) is 69.6 Å². The summed E-state index contributed by atoms with van der Waals surface area (Å²) in [6.07, 6.45) is 0.629. The van der Waals surface area contributed by atoms with Crippen LogP contribution in [0, 0.1) is 5.41 Å². The van der Waals surface area contributed by atoms with Gasteiger partial charge in [-0.2, -0.15) is 0 Å². The van der Waals surface area contributed by atoms with Crippen molar-refractivity contribution < 1.29 is 15.0 Å². The van der Waals surface area contributed by atoms with Crippen LogP contribution in [-0.4, -0.2) is 33.9 Å². The molecule has 1 unspecified atom stereocenters. The Bertz CT molecular complexity index is 257. The first kappa shape index (κ1) is 15.4. The van der Waals surface area contributed by atoms with Crippen molar-refractivity contribution in [2.45, 2.75) is 59.1 Å². The third-order valence-corrected chi connectivity index (χ3v) is 3.77. The molecule has 0 aliphatic heterocycles. The van der Waals surface area contributed by atoms with Gasteiger partial charge in [0.15, 0.2) is 0 Å². The Morgan fingerprint density at radius 3 is 1.94 bits per heavy atom. The zero-order chi connectivity index (χ0) is 13.2. The van der Waals surface area contributed by atoms with Gasteiger partial charge in [-0.15, -0.1) is 0 Å². The fraction of sp³-hybridized carbons (Fsp3) is 0.917. The summed E-state index contributed by atoms with van der Waals surface area (Å²) < 4.78 is 0. The number of β-amino-alcohol motifs (C(OH)–C–C–N with tert-alkyl or cyclic N) is 1. The summed E-state index contributed by atoms with van der Waals surface area (Å²) in [7, 11) is 0. The zero-order valence-corrected chi connectivity index (χ0v) is 11.2. The van der Waals surface area contributed by atoms with E-state index in [1.165, 1.54) is 0 Å². The van der Waals surface area contributed by atoms with Gasteiger partial charge >= 0.3 is 5.97 Å². The van der Waals surface area contributed by atoms with Crippen LogP contribution in [0.3, 0.4) is 0 Å². The van der Waals surface area contributed by atoms with E-state index in [-0.39, 0.29) is 0 Å². The summed E-state index contributed by atoms with van der Waals surface area (Å²) in [5.74, 6) is -0.846. The molecule has 96 valence electrons. The molecule has 4 heteroatoms. The van der Waals surface area contributed by atoms with E-state index in [2.05, 4.69) is 5.32 Å². The number of rotatable bonds is 6. The van der Waals surface area contributed by atoms with Crippen LogP contribution >= 0.6 is 0 Å². The number of carboxylic acids is 1. The van der Waals surface area contributed by atoms with Gasteiger partial charge in [-0.05, 0) is 41.0 Å².